The highest BCUT2D eigenvalue weighted by atomic mass is 16.1. The van der Waals surface area contributed by atoms with Gasteiger partial charge in [0.05, 0.1) is 0 Å². The molecular weight excluding hydrogens is 196 g/mol. The average molecular weight is 206 g/mol. The van der Waals surface area contributed by atoms with Crippen LogP contribution in [0.2, 0.25) is 0 Å². The largest absolute Gasteiger partial charge is 0.366 e. The molecule has 2 aromatic rings. The fourth-order valence-corrected chi connectivity index (χ4v) is 1.22. The van der Waals surface area contributed by atoms with Crippen molar-refractivity contribution in [2.45, 2.75) is 13.5 Å². The summed E-state index contributed by atoms with van der Waals surface area (Å²) in [6, 6.07) is 0. The Bertz CT molecular complexity index is 528. The number of hydrogen-bond donors (Lipinski definition) is 1. The van der Waals surface area contributed by atoms with Gasteiger partial charge in [-0.3, -0.25) is 4.79 Å². The van der Waals surface area contributed by atoms with Crippen LogP contribution in [0.4, 0.5) is 5.95 Å². The minimum Gasteiger partial charge on any atom is -0.366 e. The molecule has 0 saturated carbocycles. The molecule has 0 spiro atoms. The zero-order valence-corrected chi connectivity index (χ0v) is 8.16. The molecule has 0 radical (unpaired) electrons. The van der Waals surface area contributed by atoms with Gasteiger partial charge in [0.25, 0.3) is 5.56 Å². The molecule has 2 aromatic heterocycles. The molecule has 0 aliphatic rings. The standard InChI is InChI=1S/C8H10N6O/c1-2-13-4-3-10-6(7(13)15)14-5-11-8(9)12-14/h3-5H,2H2,1H3,(H2,9,12). The SMILES string of the molecule is CCn1ccnc(-n2cnc(N)n2)c1=O. The summed E-state index contributed by atoms with van der Waals surface area (Å²) in [5.41, 5.74) is 5.14. The smallest absolute Gasteiger partial charge is 0.295 e. The van der Waals surface area contributed by atoms with Crippen molar-refractivity contribution in [3.8, 4) is 5.82 Å². The predicted molar refractivity (Wildman–Crippen MR) is 53.5 cm³/mol. The fraction of sp³-hybridized carbons (Fsp3) is 0.250. The van der Waals surface area contributed by atoms with Crippen LogP contribution in [-0.4, -0.2) is 24.3 Å². The second kappa shape index (κ2) is 3.52. The van der Waals surface area contributed by atoms with Crippen molar-refractivity contribution in [1.29, 1.82) is 0 Å². The first-order chi connectivity index (χ1) is 7.22. The maximum Gasteiger partial charge on any atom is 0.295 e. The number of rotatable bonds is 2. The Balaban J connectivity index is 2.58. The van der Waals surface area contributed by atoms with Crippen LogP contribution in [0.1, 0.15) is 6.92 Å². The van der Waals surface area contributed by atoms with Crippen molar-refractivity contribution in [2.75, 3.05) is 5.73 Å². The number of aryl methyl sites for hydroxylation is 1. The predicted octanol–water partition coefficient (Wildman–Crippen LogP) is -0.574. The lowest BCUT2D eigenvalue weighted by Crippen LogP contribution is -2.24. The fourth-order valence-electron chi connectivity index (χ4n) is 1.22. The van der Waals surface area contributed by atoms with Crippen LogP contribution < -0.4 is 11.3 Å². The molecule has 0 atom stereocenters. The summed E-state index contributed by atoms with van der Waals surface area (Å²) in [5, 5.41) is 3.82. The molecule has 0 aromatic carbocycles. The topological polar surface area (TPSA) is 91.6 Å². The van der Waals surface area contributed by atoms with E-state index in [0.717, 1.165) is 0 Å². The highest BCUT2D eigenvalue weighted by Crippen LogP contribution is 1.96. The van der Waals surface area contributed by atoms with Gasteiger partial charge >= 0.3 is 0 Å². The number of nitrogen functional groups attached to an aromatic ring is 1. The van der Waals surface area contributed by atoms with E-state index >= 15 is 0 Å². The van der Waals surface area contributed by atoms with E-state index in [4.69, 9.17) is 5.73 Å². The van der Waals surface area contributed by atoms with E-state index in [1.807, 2.05) is 6.92 Å². The Hall–Kier alpha value is -2.18. The molecular formula is C8H10N6O. The molecule has 0 unspecified atom stereocenters. The summed E-state index contributed by atoms with van der Waals surface area (Å²) in [6.07, 6.45) is 4.52. The van der Waals surface area contributed by atoms with E-state index in [1.54, 1.807) is 6.20 Å². The highest BCUT2D eigenvalue weighted by molar-refractivity contribution is 5.20. The lowest BCUT2D eigenvalue weighted by atomic mass is 10.6. The molecule has 0 fully saturated rings. The van der Waals surface area contributed by atoms with Crippen molar-refractivity contribution < 1.29 is 0 Å². The highest BCUT2D eigenvalue weighted by Gasteiger charge is 2.07. The summed E-state index contributed by atoms with van der Waals surface area (Å²) < 4.78 is 2.80. The quantitative estimate of drug-likeness (QED) is 0.710. The second-order valence-electron chi connectivity index (χ2n) is 2.89. The Morgan fingerprint density at radius 3 is 2.87 bits per heavy atom. The van der Waals surface area contributed by atoms with Crippen molar-refractivity contribution in [2.24, 2.45) is 0 Å². The van der Waals surface area contributed by atoms with Gasteiger partial charge in [-0.25, -0.2) is 9.97 Å². The van der Waals surface area contributed by atoms with Crippen LogP contribution in [0.15, 0.2) is 23.5 Å². The Morgan fingerprint density at radius 1 is 1.47 bits per heavy atom. The normalized spacial score (nSPS) is 10.5. The number of aromatic nitrogens is 5. The van der Waals surface area contributed by atoms with Gasteiger partial charge in [-0.05, 0) is 6.92 Å². The van der Waals surface area contributed by atoms with Crippen LogP contribution in [0.25, 0.3) is 5.82 Å². The van der Waals surface area contributed by atoms with E-state index in [2.05, 4.69) is 15.1 Å². The maximum absolute atomic E-state index is 11.8. The lowest BCUT2D eigenvalue weighted by Gasteiger charge is -2.02. The molecule has 15 heavy (non-hydrogen) atoms. The van der Waals surface area contributed by atoms with Gasteiger partial charge in [0.2, 0.25) is 11.8 Å². The van der Waals surface area contributed by atoms with Gasteiger partial charge in [-0.1, -0.05) is 0 Å². The van der Waals surface area contributed by atoms with Crippen molar-refractivity contribution in [3.05, 3.63) is 29.1 Å². The Labute approximate surface area is 85.2 Å². The van der Waals surface area contributed by atoms with Gasteiger partial charge in [-0.2, -0.15) is 4.68 Å². The van der Waals surface area contributed by atoms with Crippen LogP contribution in [0.3, 0.4) is 0 Å². The van der Waals surface area contributed by atoms with Crippen LogP contribution >= 0.6 is 0 Å². The summed E-state index contributed by atoms with van der Waals surface area (Å²) in [7, 11) is 0. The zero-order valence-electron chi connectivity index (χ0n) is 8.16. The zero-order chi connectivity index (χ0) is 10.8. The van der Waals surface area contributed by atoms with Crippen LogP contribution in [0, 0.1) is 0 Å². The first-order valence-electron chi connectivity index (χ1n) is 4.45. The summed E-state index contributed by atoms with van der Waals surface area (Å²) in [5.74, 6) is 0.312. The van der Waals surface area contributed by atoms with Gasteiger partial charge in [0.15, 0.2) is 0 Å². The average Bonchev–Trinajstić information content (AvgIpc) is 2.65. The van der Waals surface area contributed by atoms with E-state index in [1.165, 1.54) is 21.8 Å². The van der Waals surface area contributed by atoms with E-state index in [0.29, 0.717) is 6.54 Å². The number of nitrogens with two attached hydrogens (primary N) is 1. The minimum absolute atomic E-state index is 0.114. The third-order valence-corrected chi connectivity index (χ3v) is 1.96. The molecule has 0 aliphatic carbocycles. The lowest BCUT2D eigenvalue weighted by molar-refractivity contribution is 0.693. The number of anilines is 1. The summed E-state index contributed by atoms with van der Waals surface area (Å²) in [6.45, 7) is 2.46. The van der Waals surface area contributed by atoms with Crippen LogP contribution in [0.5, 0.6) is 0 Å². The molecule has 7 nitrogen and oxygen atoms in total. The summed E-state index contributed by atoms with van der Waals surface area (Å²) in [4.78, 5) is 19.5. The van der Waals surface area contributed by atoms with Gasteiger partial charge in [-0.15, -0.1) is 5.10 Å². The maximum atomic E-state index is 11.8. The molecule has 78 valence electrons. The van der Waals surface area contributed by atoms with E-state index in [-0.39, 0.29) is 17.3 Å². The Kier molecular flexibility index (Phi) is 2.20. The molecule has 2 N–H and O–H groups in total. The Morgan fingerprint density at radius 2 is 2.27 bits per heavy atom. The first-order valence-corrected chi connectivity index (χ1v) is 4.45. The molecule has 2 rings (SSSR count). The van der Waals surface area contributed by atoms with E-state index < -0.39 is 0 Å². The van der Waals surface area contributed by atoms with Gasteiger partial charge < -0.3 is 10.3 Å². The van der Waals surface area contributed by atoms with Crippen molar-refractivity contribution in [3.63, 3.8) is 0 Å². The first kappa shape index (κ1) is 9.38. The van der Waals surface area contributed by atoms with Crippen LogP contribution in [-0.2, 0) is 6.54 Å². The summed E-state index contributed by atoms with van der Waals surface area (Å²) >= 11 is 0. The van der Waals surface area contributed by atoms with Gasteiger partial charge in [0.1, 0.15) is 6.33 Å². The third-order valence-electron chi connectivity index (χ3n) is 1.96. The minimum atomic E-state index is -0.218. The second-order valence-corrected chi connectivity index (χ2v) is 2.89. The van der Waals surface area contributed by atoms with E-state index in [9.17, 15) is 4.79 Å². The molecule has 2 heterocycles. The van der Waals surface area contributed by atoms with Crippen molar-refractivity contribution >= 4 is 5.95 Å². The third kappa shape index (κ3) is 1.58. The molecule has 0 bridgehead atoms. The van der Waals surface area contributed by atoms with Gasteiger partial charge in [0, 0.05) is 18.9 Å². The molecule has 7 heteroatoms. The monoisotopic (exact) mass is 206 g/mol. The number of nitrogens with zero attached hydrogens (tertiary/aromatic N) is 5. The molecule has 0 aliphatic heterocycles. The number of hydrogen-bond acceptors (Lipinski definition) is 5. The molecule has 0 amide bonds. The van der Waals surface area contributed by atoms with Crippen molar-refractivity contribution in [1.82, 2.24) is 24.3 Å². The molecule has 0 saturated heterocycles.